The Bertz CT molecular complexity index is 1510. The molecule has 1 aliphatic carbocycles. The first-order valence-electron chi connectivity index (χ1n) is 15.5. The summed E-state index contributed by atoms with van der Waals surface area (Å²) in [5.41, 5.74) is 4.29. The van der Waals surface area contributed by atoms with E-state index in [-0.39, 0.29) is 41.8 Å². The molecule has 3 aromatic rings. The molecule has 3 fully saturated rings. The minimum absolute atomic E-state index is 0.0352. The molecule has 7 nitrogen and oxygen atoms in total. The van der Waals surface area contributed by atoms with Crippen molar-refractivity contribution < 1.29 is 31.9 Å². The van der Waals surface area contributed by atoms with Crippen molar-refractivity contribution >= 4 is 12.3 Å². The van der Waals surface area contributed by atoms with Gasteiger partial charge in [0.15, 0.2) is 0 Å². The lowest BCUT2D eigenvalue weighted by Crippen LogP contribution is -2.60. The quantitative estimate of drug-likeness (QED) is 0.217. The fourth-order valence-corrected chi connectivity index (χ4v) is 7.48. The van der Waals surface area contributed by atoms with Crippen LogP contribution in [0.15, 0.2) is 54.9 Å². The van der Waals surface area contributed by atoms with Gasteiger partial charge in [0.05, 0.1) is 37.4 Å². The van der Waals surface area contributed by atoms with Crippen LogP contribution in [0.1, 0.15) is 64.2 Å². The van der Waals surface area contributed by atoms with Crippen LogP contribution in [0.5, 0.6) is 0 Å². The molecule has 11 heteroatoms. The van der Waals surface area contributed by atoms with E-state index in [1.54, 1.807) is 34.1 Å². The molecule has 1 atom stereocenters. The topological polar surface area (TPSA) is 67.7 Å². The van der Waals surface area contributed by atoms with E-state index in [2.05, 4.69) is 5.10 Å². The van der Waals surface area contributed by atoms with Gasteiger partial charge >= 0.3 is 6.18 Å². The number of halogens is 4. The van der Waals surface area contributed by atoms with Crippen molar-refractivity contribution in [2.75, 3.05) is 32.8 Å². The van der Waals surface area contributed by atoms with Gasteiger partial charge in [-0.25, -0.2) is 4.39 Å². The van der Waals surface area contributed by atoms with Crippen LogP contribution in [0, 0.1) is 30.0 Å². The molecule has 1 aromatic heterocycles. The van der Waals surface area contributed by atoms with E-state index in [9.17, 15) is 27.2 Å². The van der Waals surface area contributed by atoms with Gasteiger partial charge < -0.3 is 14.5 Å². The lowest BCUT2D eigenvalue weighted by Gasteiger charge is -2.49. The molecule has 1 saturated carbocycles. The van der Waals surface area contributed by atoms with Crippen molar-refractivity contribution in [1.82, 2.24) is 19.6 Å². The molecule has 0 bridgehead atoms. The van der Waals surface area contributed by atoms with Gasteiger partial charge in [0.1, 0.15) is 5.82 Å². The van der Waals surface area contributed by atoms with Crippen molar-refractivity contribution in [3.05, 3.63) is 88.5 Å². The van der Waals surface area contributed by atoms with Crippen LogP contribution < -0.4 is 0 Å². The second-order valence-electron chi connectivity index (χ2n) is 13.0. The Labute approximate surface area is 260 Å². The molecule has 2 saturated heterocycles. The van der Waals surface area contributed by atoms with E-state index in [0.29, 0.717) is 64.3 Å². The zero-order chi connectivity index (χ0) is 31.8. The third-order valence-corrected chi connectivity index (χ3v) is 10.1. The first kappa shape index (κ1) is 31.3. The smallest absolute Gasteiger partial charge is 0.376 e. The zero-order valence-electron chi connectivity index (χ0n) is 25.3. The minimum Gasteiger partial charge on any atom is -0.376 e. The van der Waals surface area contributed by atoms with Crippen LogP contribution in [0.3, 0.4) is 0 Å². The van der Waals surface area contributed by atoms with Gasteiger partial charge in [0.25, 0.3) is 5.91 Å². The van der Waals surface area contributed by atoms with E-state index in [1.807, 2.05) is 30.0 Å². The summed E-state index contributed by atoms with van der Waals surface area (Å²) >= 11 is 0. The maximum Gasteiger partial charge on any atom is 0.391 e. The molecule has 0 N–H and O–H groups in total. The van der Waals surface area contributed by atoms with Crippen molar-refractivity contribution in [3.8, 4) is 0 Å². The van der Waals surface area contributed by atoms with Gasteiger partial charge in [-0.1, -0.05) is 30.3 Å². The first-order valence-corrected chi connectivity index (χ1v) is 15.5. The highest BCUT2D eigenvalue weighted by Gasteiger charge is 2.55. The Morgan fingerprint density at radius 3 is 2.49 bits per heavy atom. The van der Waals surface area contributed by atoms with Crippen molar-refractivity contribution in [3.63, 3.8) is 0 Å². The molecular weight excluding hydrogens is 588 g/mol. The number of likely N-dealkylation sites (tertiary alicyclic amines) is 2. The summed E-state index contributed by atoms with van der Waals surface area (Å²) in [6, 6.07) is 12.1. The molecule has 2 aliphatic heterocycles. The van der Waals surface area contributed by atoms with Gasteiger partial charge in [-0.3, -0.25) is 14.3 Å². The number of hydrogen-bond donors (Lipinski definition) is 0. The highest BCUT2D eigenvalue weighted by atomic mass is 19.4. The highest BCUT2D eigenvalue weighted by molar-refractivity contribution is 5.94. The summed E-state index contributed by atoms with van der Waals surface area (Å²) in [4.78, 5) is 28.5. The van der Waals surface area contributed by atoms with Crippen molar-refractivity contribution in [2.45, 2.75) is 57.9 Å². The predicted molar refractivity (Wildman–Crippen MR) is 159 cm³/mol. The zero-order valence-corrected chi connectivity index (χ0v) is 25.3. The van der Waals surface area contributed by atoms with Crippen LogP contribution >= 0.6 is 0 Å². The monoisotopic (exact) mass is 626 g/mol. The summed E-state index contributed by atoms with van der Waals surface area (Å²) in [6.45, 7) is 5.36. The summed E-state index contributed by atoms with van der Waals surface area (Å²) in [5.74, 6) is -1.49. The first-order chi connectivity index (χ1) is 21.5. The number of nitrogens with zero attached hydrogens (tertiary/aromatic N) is 4. The van der Waals surface area contributed by atoms with Gasteiger partial charge in [0, 0.05) is 43.7 Å². The average Bonchev–Trinajstić information content (AvgIpc) is 3.63. The second kappa shape index (κ2) is 12.6. The Kier molecular flexibility index (Phi) is 8.74. The number of amides is 2. The minimum atomic E-state index is -4.12. The maximum absolute atomic E-state index is 13.5. The third kappa shape index (κ3) is 6.64. The molecule has 1 unspecified atom stereocenters. The number of aromatic nitrogens is 2. The highest BCUT2D eigenvalue weighted by Crippen LogP contribution is 2.45. The van der Waals surface area contributed by atoms with E-state index < -0.39 is 12.1 Å². The van der Waals surface area contributed by atoms with Crippen LogP contribution in [0.2, 0.25) is 0 Å². The maximum atomic E-state index is 13.5. The fraction of sp³-hybridized carbons (Fsp3) is 0.500. The van der Waals surface area contributed by atoms with Crippen molar-refractivity contribution in [1.29, 1.82) is 0 Å². The van der Waals surface area contributed by atoms with E-state index in [0.717, 1.165) is 28.7 Å². The van der Waals surface area contributed by atoms with Crippen LogP contribution in [-0.4, -0.2) is 70.9 Å². The lowest BCUT2D eigenvalue weighted by atomic mass is 9.72. The molecule has 2 aromatic carbocycles. The van der Waals surface area contributed by atoms with E-state index >= 15 is 0 Å². The molecule has 3 heterocycles. The Morgan fingerprint density at radius 1 is 1.07 bits per heavy atom. The van der Waals surface area contributed by atoms with Crippen molar-refractivity contribution in [2.24, 2.45) is 17.3 Å². The Hall–Kier alpha value is -3.73. The van der Waals surface area contributed by atoms with E-state index in [1.165, 1.54) is 12.1 Å². The largest absolute Gasteiger partial charge is 0.391 e. The number of alkyl halides is 3. The summed E-state index contributed by atoms with van der Waals surface area (Å²) < 4.78 is 60.7. The molecule has 1 spiro atoms. The Morgan fingerprint density at radius 2 is 1.80 bits per heavy atom. The molecule has 45 heavy (non-hydrogen) atoms. The number of ether oxygens (including phenoxy) is 1. The predicted octanol–water partition coefficient (Wildman–Crippen LogP) is 5.96. The second-order valence-corrected chi connectivity index (χ2v) is 13.0. The van der Waals surface area contributed by atoms with Gasteiger partial charge in [0.2, 0.25) is 6.41 Å². The number of carbonyl (C=O) groups excluding carboxylic acids is 2. The molecule has 6 rings (SSSR count). The summed E-state index contributed by atoms with van der Waals surface area (Å²) in [5, 5.41) is 4.33. The molecular formula is C34H38F4N4O3. The number of hydrogen-bond acceptors (Lipinski definition) is 4. The normalized spacial score (nSPS) is 22.9. The number of benzene rings is 2. The van der Waals surface area contributed by atoms with Gasteiger partial charge in [-0.05, 0) is 72.9 Å². The van der Waals surface area contributed by atoms with Crippen LogP contribution in [0.4, 0.5) is 17.6 Å². The number of carbonyl (C=O) groups is 2. The SMILES string of the molecule is Cc1c(COCC2CN(C(=O)c3cnn(Cc4ccc(F)cc4)c3)CC23CN(C=O)C3)cccc1C1CCC(C(F)(F)F)CC1. The fourth-order valence-electron chi connectivity index (χ4n) is 7.48. The molecule has 0 radical (unpaired) electrons. The third-order valence-electron chi connectivity index (χ3n) is 10.1. The van der Waals surface area contributed by atoms with E-state index in [4.69, 9.17) is 4.74 Å². The molecule has 2 amide bonds. The summed E-state index contributed by atoms with van der Waals surface area (Å²) in [6.07, 6.45) is 1.36. The number of rotatable bonds is 9. The molecule has 240 valence electrons. The van der Waals surface area contributed by atoms with Crippen LogP contribution in [0.25, 0.3) is 0 Å². The lowest BCUT2D eigenvalue weighted by molar-refractivity contribution is -0.182. The standard InChI is InChI=1S/C34H38F4N4O3/c1-23-26(3-2-4-31(23)25-7-9-28(10-8-25)34(36,37)38)17-45-18-29-16-41(21-33(29)19-40(20-33)22-43)32(44)27-13-39-42(15-27)14-24-5-11-30(35)12-6-24/h2-6,11-13,15,22,25,28-29H,7-10,14,16-21H2,1H3. The van der Waals surface area contributed by atoms with Gasteiger partial charge in [-0.15, -0.1) is 0 Å². The van der Waals surface area contributed by atoms with Crippen LogP contribution in [-0.2, 0) is 22.7 Å². The summed E-state index contributed by atoms with van der Waals surface area (Å²) in [7, 11) is 0. The molecule has 3 aliphatic rings. The average molecular weight is 627 g/mol. The Balaban J connectivity index is 1.07. The van der Waals surface area contributed by atoms with Gasteiger partial charge in [-0.2, -0.15) is 18.3 Å².